The van der Waals surface area contributed by atoms with Crippen molar-refractivity contribution in [2.75, 3.05) is 14.2 Å². The van der Waals surface area contributed by atoms with E-state index in [9.17, 15) is 9.59 Å². The number of carbonyl (C=O) groups excluding carboxylic acids is 2. The number of carbonyl (C=O) groups is 2. The van der Waals surface area contributed by atoms with Crippen molar-refractivity contribution >= 4 is 11.9 Å². The standard InChI is InChI=1S/C13H16O4/c1-9-6-10(4-5-12(14)16-2)8-11(7-9)13(15)17-3/h6-8H,4-5H2,1-3H3. The molecule has 0 N–H and O–H groups in total. The Morgan fingerprint density at radius 1 is 1.12 bits per heavy atom. The predicted octanol–water partition coefficient (Wildman–Crippen LogP) is 1.89. The second-order valence-corrected chi connectivity index (χ2v) is 3.78. The Hall–Kier alpha value is -1.84. The van der Waals surface area contributed by atoms with Gasteiger partial charge >= 0.3 is 11.9 Å². The molecule has 0 unspecified atom stereocenters. The average Bonchev–Trinajstić information content (AvgIpc) is 2.34. The molecule has 4 nitrogen and oxygen atoms in total. The lowest BCUT2D eigenvalue weighted by molar-refractivity contribution is -0.140. The van der Waals surface area contributed by atoms with E-state index in [0.29, 0.717) is 18.4 Å². The van der Waals surface area contributed by atoms with E-state index in [-0.39, 0.29) is 11.9 Å². The summed E-state index contributed by atoms with van der Waals surface area (Å²) in [7, 11) is 2.71. The van der Waals surface area contributed by atoms with Gasteiger partial charge in [0, 0.05) is 6.42 Å². The van der Waals surface area contributed by atoms with Crippen LogP contribution >= 0.6 is 0 Å². The smallest absolute Gasteiger partial charge is 0.337 e. The summed E-state index contributed by atoms with van der Waals surface area (Å²) in [6.07, 6.45) is 0.860. The highest BCUT2D eigenvalue weighted by Gasteiger charge is 2.08. The number of hydrogen-bond donors (Lipinski definition) is 0. The molecular formula is C13H16O4. The number of aryl methyl sites for hydroxylation is 2. The fourth-order valence-corrected chi connectivity index (χ4v) is 1.59. The quantitative estimate of drug-likeness (QED) is 0.749. The number of rotatable bonds is 4. The zero-order valence-corrected chi connectivity index (χ0v) is 10.3. The first-order valence-corrected chi connectivity index (χ1v) is 5.32. The van der Waals surface area contributed by atoms with Crippen LogP contribution in [0.15, 0.2) is 18.2 Å². The van der Waals surface area contributed by atoms with Gasteiger partial charge in [-0.15, -0.1) is 0 Å². The molecule has 92 valence electrons. The van der Waals surface area contributed by atoms with Gasteiger partial charge in [-0.05, 0) is 31.0 Å². The lowest BCUT2D eigenvalue weighted by Crippen LogP contribution is -2.05. The van der Waals surface area contributed by atoms with E-state index in [2.05, 4.69) is 9.47 Å². The van der Waals surface area contributed by atoms with Crippen molar-refractivity contribution in [3.63, 3.8) is 0 Å². The SMILES string of the molecule is COC(=O)CCc1cc(C)cc(C(=O)OC)c1. The molecule has 0 aromatic heterocycles. The van der Waals surface area contributed by atoms with Crippen molar-refractivity contribution in [2.45, 2.75) is 19.8 Å². The van der Waals surface area contributed by atoms with Gasteiger partial charge < -0.3 is 9.47 Å². The molecule has 0 saturated heterocycles. The van der Waals surface area contributed by atoms with E-state index in [4.69, 9.17) is 0 Å². The molecule has 0 bridgehead atoms. The fourth-order valence-electron chi connectivity index (χ4n) is 1.59. The summed E-state index contributed by atoms with van der Waals surface area (Å²) >= 11 is 0. The van der Waals surface area contributed by atoms with Gasteiger partial charge in [0.2, 0.25) is 0 Å². The van der Waals surface area contributed by atoms with Crippen LogP contribution in [0, 0.1) is 6.92 Å². The first kappa shape index (κ1) is 13.2. The Morgan fingerprint density at radius 2 is 1.82 bits per heavy atom. The molecule has 1 aromatic carbocycles. The summed E-state index contributed by atoms with van der Waals surface area (Å²) in [4.78, 5) is 22.4. The topological polar surface area (TPSA) is 52.6 Å². The molecule has 0 fully saturated rings. The highest BCUT2D eigenvalue weighted by atomic mass is 16.5. The van der Waals surface area contributed by atoms with Crippen LogP contribution in [0.1, 0.15) is 27.9 Å². The first-order chi connectivity index (χ1) is 8.06. The van der Waals surface area contributed by atoms with Crippen LogP contribution in [-0.4, -0.2) is 26.2 Å². The molecular weight excluding hydrogens is 220 g/mol. The van der Waals surface area contributed by atoms with E-state index in [1.54, 1.807) is 12.1 Å². The highest BCUT2D eigenvalue weighted by molar-refractivity contribution is 5.89. The minimum absolute atomic E-state index is 0.258. The number of hydrogen-bond acceptors (Lipinski definition) is 4. The van der Waals surface area contributed by atoms with Crippen LogP contribution in [0.3, 0.4) is 0 Å². The summed E-state index contributed by atoms with van der Waals surface area (Å²) in [5.41, 5.74) is 2.40. The van der Waals surface area contributed by atoms with Gasteiger partial charge in [-0.2, -0.15) is 0 Å². The number of ether oxygens (including phenoxy) is 2. The zero-order chi connectivity index (χ0) is 12.8. The minimum Gasteiger partial charge on any atom is -0.469 e. The molecule has 0 heterocycles. The maximum absolute atomic E-state index is 11.4. The average molecular weight is 236 g/mol. The monoisotopic (exact) mass is 236 g/mol. The third-order valence-electron chi connectivity index (χ3n) is 2.40. The minimum atomic E-state index is -0.368. The Kier molecular flexibility index (Phi) is 4.69. The predicted molar refractivity (Wildman–Crippen MR) is 62.9 cm³/mol. The maximum atomic E-state index is 11.4. The molecule has 0 radical (unpaired) electrons. The maximum Gasteiger partial charge on any atom is 0.337 e. The second kappa shape index (κ2) is 6.03. The fraction of sp³-hybridized carbons (Fsp3) is 0.385. The summed E-state index contributed by atoms with van der Waals surface area (Å²) in [6.45, 7) is 1.90. The van der Waals surface area contributed by atoms with Gasteiger partial charge in [-0.1, -0.05) is 11.6 Å². The second-order valence-electron chi connectivity index (χ2n) is 3.78. The lowest BCUT2D eigenvalue weighted by Gasteiger charge is -2.06. The van der Waals surface area contributed by atoms with E-state index < -0.39 is 0 Å². The Morgan fingerprint density at radius 3 is 2.41 bits per heavy atom. The van der Waals surface area contributed by atoms with Crippen molar-refractivity contribution in [3.8, 4) is 0 Å². The molecule has 0 aliphatic heterocycles. The van der Waals surface area contributed by atoms with E-state index in [1.165, 1.54) is 14.2 Å². The Labute approximate surface area is 101 Å². The molecule has 0 atom stereocenters. The van der Waals surface area contributed by atoms with Crippen molar-refractivity contribution in [2.24, 2.45) is 0 Å². The van der Waals surface area contributed by atoms with Gasteiger partial charge in [0.05, 0.1) is 19.8 Å². The van der Waals surface area contributed by atoms with E-state index >= 15 is 0 Å². The van der Waals surface area contributed by atoms with E-state index in [0.717, 1.165) is 11.1 Å². The number of methoxy groups -OCH3 is 2. The van der Waals surface area contributed by atoms with Gasteiger partial charge in [0.1, 0.15) is 0 Å². The molecule has 1 rings (SSSR count). The molecule has 0 spiro atoms. The van der Waals surface area contributed by atoms with Crippen molar-refractivity contribution in [1.82, 2.24) is 0 Å². The first-order valence-electron chi connectivity index (χ1n) is 5.32. The van der Waals surface area contributed by atoms with Gasteiger partial charge in [0.15, 0.2) is 0 Å². The third kappa shape index (κ3) is 3.90. The van der Waals surface area contributed by atoms with Crippen LogP contribution in [0.5, 0.6) is 0 Å². The molecule has 0 saturated carbocycles. The van der Waals surface area contributed by atoms with Crippen LogP contribution in [0.25, 0.3) is 0 Å². The molecule has 4 heteroatoms. The number of esters is 2. The van der Waals surface area contributed by atoms with E-state index in [1.807, 2.05) is 13.0 Å². The Bertz CT molecular complexity index is 423. The summed E-state index contributed by atoms with van der Waals surface area (Å²) in [5, 5.41) is 0. The van der Waals surface area contributed by atoms with Gasteiger partial charge in [0.25, 0.3) is 0 Å². The molecule has 0 aliphatic carbocycles. The van der Waals surface area contributed by atoms with Crippen LogP contribution in [0.4, 0.5) is 0 Å². The lowest BCUT2D eigenvalue weighted by atomic mass is 10.0. The normalized spacial score (nSPS) is 9.82. The summed E-state index contributed by atoms with van der Waals surface area (Å²) in [5.74, 6) is -0.626. The summed E-state index contributed by atoms with van der Waals surface area (Å²) in [6, 6.07) is 5.44. The van der Waals surface area contributed by atoms with Gasteiger partial charge in [-0.3, -0.25) is 4.79 Å². The third-order valence-corrected chi connectivity index (χ3v) is 2.40. The molecule has 1 aromatic rings. The largest absolute Gasteiger partial charge is 0.469 e. The van der Waals surface area contributed by atoms with Crippen LogP contribution < -0.4 is 0 Å². The Balaban J connectivity index is 2.82. The van der Waals surface area contributed by atoms with Gasteiger partial charge in [-0.25, -0.2) is 4.79 Å². The molecule has 17 heavy (non-hydrogen) atoms. The van der Waals surface area contributed by atoms with Crippen molar-refractivity contribution in [3.05, 3.63) is 34.9 Å². The molecule has 0 amide bonds. The van der Waals surface area contributed by atoms with Crippen molar-refractivity contribution < 1.29 is 19.1 Å². The summed E-state index contributed by atoms with van der Waals surface area (Å²) < 4.78 is 9.23. The number of benzene rings is 1. The highest BCUT2D eigenvalue weighted by Crippen LogP contribution is 2.12. The van der Waals surface area contributed by atoms with Crippen LogP contribution in [0.2, 0.25) is 0 Å². The zero-order valence-electron chi connectivity index (χ0n) is 10.3. The van der Waals surface area contributed by atoms with Crippen molar-refractivity contribution in [1.29, 1.82) is 0 Å². The molecule has 0 aliphatic rings. The van der Waals surface area contributed by atoms with Crippen LogP contribution in [-0.2, 0) is 20.7 Å².